The van der Waals surface area contributed by atoms with Crippen molar-refractivity contribution >= 4 is 0 Å². The summed E-state index contributed by atoms with van der Waals surface area (Å²) in [5.41, 5.74) is 0. The van der Waals surface area contributed by atoms with Gasteiger partial charge in [-0.25, -0.2) is 0 Å². The van der Waals surface area contributed by atoms with Crippen molar-refractivity contribution in [1.82, 2.24) is 4.90 Å². The molecule has 2 heteroatoms. The summed E-state index contributed by atoms with van der Waals surface area (Å²) < 4.78 is 6.23. The lowest BCUT2D eigenvalue weighted by molar-refractivity contribution is -0.101. The summed E-state index contributed by atoms with van der Waals surface area (Å²) in [6.45, 7) is 13.0. The van der Waals surface area contributed by atoms with Gasteiger partial charge in [0.2, 0.25) is 0 Å². The largest absolute Gasteiger partial charge is 0.375 e. The van der Waals surface area contributed by atoms with Crippen LogP contribution in [0.2, 0.25) is 0 Å². The van der Waals surface area contributed by atoms with Gasteiger partial charge in [0.1, 0.15) is 0 Å². The van der Waals surface area contributed by atoms with Crippen molar-refractivity contribution in [1.29, 1.82) is 0 Å². The summed E-state index contributed by atoms with van der Waals surface area (Å²) in [5, 5.41) is 0. The Kier molecular flexibility index (Phi) is 5.08. The van der Waals surface area contributed by atoms with Gasteiger partial charge < -0.3 is 9.64 Å². The molecule has 2 rings (SSSR count). The molecule has 0 bridgehead atoms. The first kappa shape index (κ1) is 14.3. The van der Waals surface area contributed by atoms with E-state index in [1.165, 1.54) is 45.3 Å². The van der Waals surface area contributed by atoms with Gasteiger partial charge in [-0.05, 0) is 43.4 Å². The van der Waals surface area contributed by atoms with E-state index in [1.807, 2.05) is 0 Å². The summed E-state index contributed by atoms with van der Waals surface area (Å²) in [4.78, 5) is 2.60. The molecule has 0 atom stereocenters. The summed E-state index contributed by atoms with van der Waals surface area (Å²) in [5.74, 6) is 2.56. The van der Waals surface area contributed by atoms with Crippen LogP contribution in [0.25, 0.3) is 0 Å². The first-order valence-corrected chi connectivity index (χ1v) is 7.92. The zero-order chi connectivity index (χ0) is 13.1. The monoisotopic (exact) mass is 253 g/mol. The molecule has 1 saturated heterocycles. The van der Waals surface area contributed by atoms with Crippen molar-refractivity contribution in [3.63, 3.8) is 0 Å². The molecule has 2 nitrogen and oxygen atoms in total. The number of hydrogen-bond donors (Lipinski definition) is 0. The van der Waals surface area contributed by atoms with E-state index >= 15 is 0 Å². The Morgan fingerprint density at radius 1 is 1.00 bits per heavy atom. The number of hydrogen-bond acceptors (Lipinski definition) is 2. The molecular formula is C16H31NO. The highest BCUT2D eigenvalue weighted by Gasteiger charge is 2.34. The minimum atomic E-state index is 0.548. The van der Waals surface area contributed by atoms with Crippen molar-refractivity contribution < 1.29 is 4.74 Å². The van der Waals surface area contributed by atoms with Crippen LogP contribution < -0.4 is 0 Å². The molecule has 18 heavy (non-hydrogen) atoms. The lowest BCUT2D eigenvalue weighted by atomic mass is 9.75. The van der Waals surface area contributed by atoms with E-state index in [4.69, 9.17) is 4.74 Å². The summed E-state index contributed by atoms with van der Waals surface area (Å²) in [7, 11) is 0. The van der Waals surface area contributed by atoms with Gasteiger partial charge in [-0.15, -0.1) is 0 Å². The zero-order valence-corrected chi connectivity index (χ0v) is 12.7. The van der Waals surface area contributed by atoms with Gasteiger partial charge in [0, 0.05) is 19.6 Å². The minimum absolute atomic E-state index is 0.548. The van der Waals surface area contributed by atoms with Gasteiger partial charge in [0.15, 0.2) is 0 Å². The molecule has 1 heterocycles. The minimum Gasteiger partial charge on any atom is -0.375 e. The molecule has 0 spiro atoms. The Labute approximate surface area is 113 Å². The molecule has 0 aromatic rings. The second-order valence-corrected chi connectivity index (χ2v) is 7.13. The topological polar surface area (TPSA) is 12.5 Å². The zero-order valence-electron chi connectivity index (χ0n) is 12.7. The molecule has 0 radical (unpaired) electrons. The normalized spacial score (nSPS) is 31.0. The van der Waals surface area contributed by atoms with E-state index < -0.39 is 0 Å². The number of nitrogens with zero attached hydrogens (tertiary/aromatic N) is 1. The Bertz CT molecular complexity index is 237. The lowest BCUT2D eigenvalue weighted by Gasteiger charge is -2.41. The average molecular weight is 253 g/mol. The Hall–Kier alpha value is -0.0800. The van der Waals surface area contributed by atoms with E-state index in [1.54, 1.807) is 0 Å². The number of rotatable bonds is 5. The fourth-order valence-electron chi connectivity index (χ4n) is 3.28. The highest BCUT2D eigenvalue weighted by Crippen LogP contribution is 2.37. The Balaban J connectivity index is 1.60. The van der Waals surface area contributed by atoms with Crippen molar-refractivity contribution in [2.75, 3.05) is 19.6 Å². The second kappa shape index (κ2) is 6.38. The number of likely N-dealkylation sites (tertiary alicyclic amines) is 1. The number of ether oxygens (including phenoxy) is 1. The molecule has 1 aliphatic heterocycles. The fourth-order valence-corrected chi connectivity index (χ4v) is 3.28. The third-order valence-electron chi connectivity index (χ3n) is 4.62. The molecule has 0 N–H and O–H groups in total. The predicted octanol–water partition coefficient (Wildman–Crippen LogP) is 3.56. The van der Waals surface area contributed by atoms with E-state index in [0.29, 0.717) is 12.2 Å². The molecular weight excluding hydrogens is 222 g/mol. The van der Waals surface area contributed by atoms with Crippen molar-refractivity contribution in [2.24, 2.45) is 17.8 Å². The maximum atomic E-state index is 6.23. The van der Waals surface area contributed by atoms with Crippen molar-refractivity contribution in [3.05, 3.63) is 0 Å². The van der Waals surface area contributed by atoms with Crippen LogP contribution in [-0.4, -0.2) is 36.7 Å². The SMILES string of the molecule is CC(C)CN1CCC(OC2CC(C(C)C)C2)CC1. The van der Waals surface area contributed by atoms with Crippen molar-refractivity contribution in [2.45, 2.75) is 65.6 Å². The predicted molar refractivity (Wildman–Crippen MR) is 76.7 cm³/mol. The van der Waals surface area contributed by atoms with E-state index in [9.17, 15) is 0 Å². The molecule has 2 aliphatic rings. The van der Waals surface area contributed by atoms with Gasteiger partial charge in [0.25, 0.3) is 0 Å². The maximum absolute atomic E-state index is 6.23. The molecule has 106 valence electrons. The van der Waals surface area contributed by atoms with Gasteiger partial charge >= 0.3 is 0 Å². The van der Waals surface area contributed by atoms with Gasteiger partial charge in [0.05, 0.1) is 12.2 Å². The standard InChI is InChI=1S/C16H31NO/c1-12(2)11-17-7-5-15(6-8-17)18-16-9-14(10-16)13(3)4/h12-16H,5-11H2,1-4H3. The van der Waals surface area contributed by atoms with Crippen LogP contribution in [0, 0.1) is 17.8 Å². The van der Waals surface area contributed by atoms with Crippen molar-refractivity contribution in [3.8, 4) is 0 Å². The van der Waals surface area contributed by atoms with Gasteiger partial charge in [-0.3, -0.25) is 0 Å². The molecule has 0 amide bonds. The molecule has 2 fully saturated rings. The molecule has 0 unspecified atom stereocenters. The third-order valence-corrected chi connectivity index (χ3v) is 4.62. The van der Waals surface area contributed by atoms with Gasteiger partial charge in [-0.2, -0.15) is 0 Å². The van der Waals surface area contributed by atoms with E-state index in [2.05, 4.69) is 32.6 Å². The molecule has 0 aromatic carbocycles. The maximum Gasteiger partial charge on any atom is 0.0603 e. The lowest BCUT2D eigenvalue weighted by Crippen LogP contribution is -2.43. The smallest absolute Gasteiger partial charge is 0.0603 e. The summed E-state index contributed by atoms with van der Waals surface area (Å²) >= 11 is 0. The summed E-state index contributed by atoms with van der Waals surface area (Å²) in [6, 6.07) is 0. The van der Waals surface area contributed by atoms with Crippen LogP contribution in [0.1, 0.15) is 53.4 Å². The second-order valence-electron chi connectivity index (χ2n) is 7.13. The average Bonchev–Trinajstić information content (AvgIpc) is 2.23. The van der Waals surface area contributed by atoms with E-state index in [-0.39, 0.29) is 0 Å². The van der Waals surface area contributed by atoms with Crippen LogP contribution in [0.15, 0.2) is 0 Å². The molecule has 1 saturated carbocycles. The van der Waals surface area contributed by atoms with Crippen LogP contribution in [-0.2, 0) is 4.74 Å². The fraction of sp³-hybridized carbons (Fsp3) is 1.00. The third kappa shape index (κ3) is 3.96. The van der Waals surface area contributed by atoms with E-state index in [0.717, 1.165) is 17.8 Å². The first-order chi connectivity index (χ1) is 8.54. The highest BCUT2D eigenvalue weighted by molar-refractivity contribution is 4.84. The summed E-state index contributed by atoms with van der Waals surface area (Å²) in [6.07, 6.45) is 6.24. The quantitative estimate of drug-likeness (QED) is 0.743. The van der Waals surface area contributed by atoms with Crippen LogP contribution >= 0.6 is 0 Å². The molecule has 1 aliphatic carbocycles. The Morgan fingerprint density at radius 3 is 2.11 bits per heavy atom. The molecule has 0 aromatic heterocycles. The van der Waals surface area contributed by atoms with Crippen LogP contribution in [0.4, 0.5) is 0 Å². The van der Waals surface area contributed by atoms with Crippen LogP contribution in [0.3, 0.4) is 0 Å². The Morgan fingerprint density at radius 2 is 1.61 bits per heavy atom. The first-order valence-electron chi connectivity index (χ1n) is 7.92. The van der Waals surface area contributed by atoms with Crippen LogP contribution in [0.5, 0.6) is 0 Å². The highest BCUT2D eigenvalue weighted by atomic mass is 16.5. The number of piperidine rings is 1. The van der Waals surface area contributed by atoms with Gasteiger partial charge in [-0.1, -0.05) is 27.7 Å².